The minimum absolute atomic E-state index is 0.448. The van der Waals surface area contributed by atoms with Crippen LogP contribution in [0.25, 0.3) is 0 Å². The molecule has 1 aliphatic rings. The molecule has 1 saturated carbocycles. The maximum absolute atomic E-state index is 3.71. The average Bonchev–Trinajstić information content (AvgIpc) is 2.81. The summed E-state index contributed by atoms with van der Waals surface area (Å²) >= 11 is 0. The zero-order chi connectivity index (χ0) is 13.8. The van der Waals surface area contributed by atoms with Crippen molar-refractivity contribution in [2.45, 2.75) is 39.2 Å². The lowest BCUT2D eigenvalue weighted by molar-refractivity contribution is 0.375. The molecular formula is C17H28N2. The minimum Gasteiger partial charge on any atom is -0.378 e. The fraction of sp³-hybridized carbons (Fsp3) is 0.647. The Morgan fingerprint density at radius 3 is 2.42 bits per heavy atom. The smallest absolute Gasteiger partial charge is 0.0361 e. The Labute approximate surface area is 118 Å². The maximum atomic E-state index is 3.71. The van der Waals surface area contributed by atoms with Gasteiger partial charge in [-0.15, -0.1) is 0 Å². The lowest BCUT2D eigenvalue weighted by Gasteiger charge is -2.21. The van der Waals surface area contributed by atoms with Crippen LogP contribution >= 0.6 is 0 Å². The Bertz CT molecular complexity index is 383. The third-order valence-electron chi connectivity index (χ3n) is 4.63. The van der Waals surface area contributed by atoms with E-state index in [2.05, 4.69) is 62.4 Å². The molecule has 0 bridgehead atoms. The predicted molar refractivity (Wildman–Crippen MR) is 83.7 cm³/mol. The summed E-state index contributed by atoms with van der Waals surface area (Å²) in [6.07, 6.45) is 4.23. The molecule has 19 heavy (non-hydrogen) atoms. The first-order chi connectivity index (χ1) is 9.08. The number of anilines is 1. The summed E-state index contributed by atoms with van der Waals surface area (Å²) < 4.78 is 0. The predicted octanol–water partition coefficient (Wildman–Crippen LogP) is 3.84. The molecule has 3 atom stereocenters. The minimum atomic E-state index is 0.448. The van der Waals surface area contributed by atoms with E-state index in [-0.39, 0.29) is 0 Å². The normalized spacial score (nSPS) is 24.4. The second-order valence-corrected chi connectivity index (χ2v) is 6.28. The van der Waals surface area contributed by atoms with E-state index >= 15 is 0 Å². The van der Waals surface area contributed by atoms with Gasteiger partial charge in [0.15, 0.2) is 0 Å². The van der Waals surface area contributed by atoms with Crippen molar-refractivity contribution < 1.29 is 0 Å². The molecule has 2 heteroatoms. The van der Waals surface area contributed by atoms with Crippen molar-refractivity contribution in [3.05, 3.63) is 29.8 Å². The van der Waals surface area contributed by atoms with Gasteiger partial charge in [-0.05, 0) is 49.4 Å². The summed E-state index contributed by atoms with van der Waals surface area (Å²) in [5.41, 5.74) is 2.65. The second-order valence-electron chi connectivity index (χ2n) is 6.28. The number of benzene rings is 1. The van der Waals surface area contributed by atoms with Gasteiger partial charge in [-0.3, -0.25) is 0 Å². The van der Waals surface area contributed by atoms with Crippen LogP contribution in [0.2, 0.25) is 0 Å². The quantitative estimate of drug-likeness (QED) is 0.865. The van der Waals surface area contributed by atoms with Gasteiger partial charge in [0.1, 0.15) is 0 Å². The van der Waals surface area contributed by atoms with Crippen molar-refractivity contribution in [3.8, 4) is 0 Å². The molecule has 0 amide bonds. The summed E-state index contributed by atoms with van der Waals surface area (Å²) in [5.74, 6) is 1.78. The summed E-state index contributed by atoms with van der Waals surface area (Å²) in [7, 11) is 4.16. The SMILES string of the molecule is CC(NCC1CCCC1C)c1ccc(N(C)C)cc1. The third kappa shape index (κ3) is 3.73. The molecule has 1 aromatic rings. The molecule has 0 saturated heterocycles. The van der Waals surface area contributed by atoms with Crippen molar-refractivity contribution in [2.24, 2.45) is 11.8 Å². The van der Waals surface area contributed by atoms with E-state index < -0.39 is 0 Å². The first-order valence-electron chi connectivity index (χ1n) is 7.58. The van der Waals surface area contributed by atoms with Crippen LogP contribution in [0.1, 0.15) is 44.7 Å². The molecule has 106 valence electrons. The van der Waals surface area contributed by atoms with Crippen molar-refractivity contribution in [2.75, 3.05) is 25.5 Å². The van der Waals surface area contributed by atoms with Crippen LogP contribution in [0.5, 0.6) is 0 Å². The molecule has 1 fully saturated rings. The molecule has 1 N–H and O–H groups in total. The summed E-state index contributed by atoms with van der Waals surface area (Å²) in [6, 6.07) is 9.33. The van der Waals surface area contributed by atoms with E-state index in [4.69, 9.17) is 0 Å². The zero-order valence-corrected chi connectivity index (χ0v) is 12.8. The highest BCUT2D eigenvalue weighted by molar-refractivity contribution is 5.46. The van der Waals surface area contributed by atoms with Gasteiger partial charge in [-0.1, -0.05) is 31.9 Å². The van der Waals surface area contributed by atoms with E-state index in [1.807, 2.05) is 0 Å². The first-order valence-corrected chi connectivity index (χ1v) is 7.58. The van der Waals surface area contributed by atoms with Gasteiger partial charge in [0.2, 0.25) is 0 Å². The molecule has 3 unspecified atom stereocenters. The van der Waals surface area contributed by atoms with E-state index in [1.54, 1.807) is 0 Å². The molecule has 2 nitrogen and oxygen atoms in total. The van der Waals surface area contributed by atoms with Gasteiger partial charge in [-0.25, -0.2) is 0 Å². The molecule has 2 rings (SSSR count). The molecular weight excluding hydrogens is 232 g/mol. The van der Waals surface area contributed by atoms with E-state index in [9.17, 15) is 0 Å². The highest BCUT2D eigenvalue weighted by Crippen LogP contribution is 2.31. The van der Waals surface area contributed by atoms with Gasteiger partial charge in [-0.2, -0.15) is 0 Å². The fourth-order valence-electron chi connectivity index (χ4n) is 3.03. The van der Waals surface area contributed by atoms with Crippen molar-refractivity contribution >= 4 is 5.69 Å². The van der Waals surface area contributed by atoms with Crippen LogP contribution in [0, 0.1) is 11.8 Å². The maximum Gasteiger partial charge on any atom is 0.0361 e. The highest BCUT2D eigenvalue weighted by atomic mass is 15.1. The van der Waals surface area contributed by atoms with Crippen LogP contribution in [0.15, 0.2) is 24.3 Å². The molecule has 1 aromatic carbocycles. The number of nitrogens with zero attached hydrogens (tertiary/aromatic N) is 1. The molecule has 0 radical (unpaired) electrons. The van der Waals surface area contributed by atoms with Crippen LogP contribution in [-0.4, -0.2) is 20.6 Å². The Morgan fingerprint density at radius 1 is 1.21 bits per heavy atom. The van der Waals surface area contributed by atoms with Gasteiger partial charge in [0.05, 0.1) is 0 Å². The summed E-state index contributed by atoms with van der Waals surface area (Å²) in [5, 5.41) is 3.71. The summed E-state index contributed by atoms with van der Waals surface area (Å²) in [4.78, 5) is 2.14. The second kappa shape index (κ2) is 6.42. The van der Waals surface area contributed by atoms with E-state index in [0.717, 1.165) is 18.4 Å². The Hall–Kier alpha value is -1.02. The number of hydrogen-bond donors (Lipinski definition) is 1. The molecule has 1 aliphatic carbocycles. The topological polar surface area (TPSA) is 15.3 Å². The van der Waals surface area contributed by atoms with Crippen LogP contribution in [-0.2, 0) is 0 Å². The third-order valence-corrected chi connectivity index (χ3v) is 4.63. The van der Waals surface area contributed by atoms with Gasteiger partial charge in [0.25, 0.3) is 0 Å². The number of nitrogens with one attached hydrogen (secondary N) is 1. The van der Waals surface area contributed by atoms with Crippen molar-refractivity contribution in [1.29, 1.82) is 0 Å². The monoisotopic (exact) mass is 260 g/mol. The van der Waals surface area contributed by atoms with Crippen molar-refractivity contribution in [3.63, 3.8) is 0 Å². The lowest BCUT2D eigenvalue weighted by Crippen LogP contribution is -2.27. The molecule has 0 spiro atoms. The summed E-state index contributed by atoms with van der Waals surface area (Å²) in [6.45, 7) is 5.83. The first kappa shape index (κ1) is 14.4. The largest absolute Gasteiger partial charge is 0.378 e. The Morgan fingerprint density at radius 2 is 1.89 bits per heavy atom. The lowest BCUT2D eigenvalue weighted by atomic mass is 9.97. The van der Waals surface area contributed by atoms with E-state index in [1.165, 1.54) is 30.5 Å². The average molecular weight is 260 g/mol. The van der Waals surface area contributed by atoms with Gasteiger partial charge >= 0.3 is 0 Å². The van der Waals surface area contributed by atoms with E-state index in [0.29, 0.717) is 6.04 Å². The van der Waals surface area contributed by atoms with Crippen molar-refractivity contribution in [1.82, 2.24) is 5.32 Å². The molecule has 0 heterocycles. The van der Waals surface area contributed by atoms with Gasteiger partial charge in [0, 0.05) is 25.8 Å². The highest BCUT2D eigenvalue weighted by Gasteiger charge is 2.23. The fourth-order valence-corrected chi connectivity index (χ4v) is 3.03. The van der Waals surface area contributed by atoms with Gasteiger partial charge < -0.3 is 10.2 Å². The van der Waals surface area contributed by atoms with Crippen LogP contribution in [0.3, 0.4) is 0 Å². The number of rotatable bonds is 5. The molecule has 0 aromatic heterocycles. The van der Waals surface area contributed by atoms with Crippen LogP contribution < -0.4 is 10.2 Å². The Balaban J connectivity index is 1.87. The number of hydrogen-bond acceptors (Lipinski definition) is 2. The molecule has 0 aliphatic heterocycles. The Kier molecular flexibility index (Phi) is 4.87. The van der Waals surface area contributed by atoms with Crippen LogP contribution in [0.4, 0.5) is 5.69 Å². The zero-order valence-electron chi connectivity index (χ0n) is 12.8. The standard InChI is InChI=1S/C17H28N2/c1-13-6-5-7-16(13)12-18-14(2)15-8-10-17(11-9-15)19(3)4/h8-11,13-14,16,18H,5-7,12H2,1-4H3.